The second-order valence-corrected chi connectivity index (χ2v) is 5.10. The van der Waals surface area contributed by atoms with Crippen LogP contribution in [0.2, 0.25) is 0 Å². The van der Waals surface area contributed by atoms with Crippen molar-refractivity contribution in [1.82, 2.24) is 4.90 Å². The van der Waals surface area contributed by atoms with Crippen molar-refractivity contribution in [3.05, 3.63) is 37.9 Å². The van der Waals surface area contributed by atoms with E-state index in [4.69, 9.17) is 0 Å². The Morgan fingerprint density at radius 3 is 2.22 bits per heavy atom. The van der Waals surface area contributed by atoms with Gasteiger partial charge in [-0.3, -0.25) is 20.2 Å². The Morgan fingerprint density at radius 2 is 1.78 bits per heavy atom. The van der Waals surface area contributed by atoms with E-state index in [2.05, 4.69) is 4.90 Å². The van der Waals surface area contributed by atoms with E-state index in [-0.39, 0.29) is 5.69 Å². The van der Waals surface area contributed by atoms with Gasteiger partial charge in [0.1, 0.15) is 5.69 Å². The van der Waals surface area contributed by atoms with Crippen molar-refractivity contribution >= 4 is 23.0 Å². The van der Waals surface area contributed by atoms with Gasteiger partial charge in [-0.2, -0.15) is 0 Å². The minimum absolute atomic E-state index is 0.0659. The highest BCUT2D eigenvalue weighted by Gasteiger charge is 2.32. The normalized spacial score (nSPS) is 15.4. The highest BCUT2D eigenvalue weighted by atomic mass is 16.6. The third-order valence-electron chi connectivity index (χ3n) is 3.85. The number of non-ortho nitro benzene ring substituents is 1. The molecule has 0 unspecified atom stereocenters. The van der Waals surface area contributed by atoms with E-state index in [1.807, 2.05) is 6.92 Å². The number of likely N-dealkylation sites (N-methyl/N-ethyl adjacent to an activating group) is 1. The van der Waals surface area contributed by atoms with Crippen molar-refractivity contribution < 1.29 is 19.7 Å². The number of rotatable bonds is 5. The lowest BCUT2D eigenvalue weighted by molar-refractivity contribution is -0.393. The molecule has 1 aliphatic heterocycles. The number of carbonyl (C=O) groups is 1. The first-order valence-corrected chi connectivity index (χ1v) is 7.02. The van der Waals surface area contributed by atoms with Crippen LogP contribution < -0.4 is 4.90 Å². The molecule has 0 amide bonds. The van der Waals surface area contributed by atoms with Gasteiger partial charge in [-0.15, -0.1) is 0 Å². The molecule has 1 fully saturated rings. The lowest BCUT2D eigenvalue weighted by Gasteiger charge is -2.35. The number of carboxylic acid groups (broad SMARTS) is 1. The molecule has 1 heterocycles. The van der Waals surface area contributed by atoms with E-state index in [1.165, 1.54) is 0 Å². The fourth-order valence-electron chi connectivity index (χ4n) is 2.63. The molecule has 1 aliphatic rings. The first-order chi connectivity index (χ1) is 10.8. The minimum Gasteiger partial charge on any atom is -0.478 e. The Balaban J connectivity index is 2.54. The topological polar surface area (TPSA) is 130 Å². The quantitative estimate of drug-likeness (QED) is 0.634. The summed E-state index contributed by atoms with van der Waals surface area (Å²) in [5, 5.41) is 31.5. The maximum absolute atomic E-state index is 11.5. The smallest absolute Gasteiger partial charge is 0.338 e. The van der Waals surface area contributed by atoms with Gasteiger partial charge in [0, 0.05) is 32.2 Å². The zero-order valence-electron chi connectivity index (χ0n) is 12.5. The molecular formula is C13H16N4O6. The summed E-state index contributed by atoms with van der Waals surface area (Å²) in [6, 6.07) is 1.69. The monoisotopic (exact) mass is 324 g/mol. The van der Waals surface area contributed by atoms with Gasteiger partial charge in [-0.1, -0.05) is 6.92 Å². The van der Waals surface area contributed by atoms with Crippen LogP contribution in [0.5, 0.6) is 0 Å². The maximum Gasteiger partial charge on any atom is 0.338 e. The molecule has 0 spiro atoms. The summed E-state index contributed by atoms with van der Waals surface area (Å²) in [6.45, 7) is 4.96. The standard InChI is InChI=1S/C13H16N4O6/c1-2-14-3-5-15(6-4-14)12-10(13(18)19)7-9(16(20)21)8-11(12)17(22)23/h7-8H,2-6H2,1H3,(H,18,19). The third kappa shape index (κ3) is 3.37. The number of nitro groups is 2. The first-order valence-electron chi connectivity index (χ1n) is 7.02. The van der Waals surface area contributed by atoms with Crippen LogP contribution in [0.4, 0.5) is 17.1 Å². The third-order valence-corrected chi connectivity index (χ3v) is 3.85. The Labute approximate surface area is 131 Å². The summed E-state index contributed by atoms with van der Waals surface area (Å²) in [5.41, 5.74) is -1.65. The molecule has 10 nitrogen and oxygen atoms in total. The molecule has 10 heteroatoms. The van der Waals surface area contributed by atoms with Gasteiger partial charge >= 0.3 is 5.97 Å². The highest BCUT2D eigenvalue weighted by Crippen LogP contribution is 2.36. The average molecular weight is 324 g/mol. The van der Waals surface area contributed by atoms with Crippen LogP contribution >= 0.6 is 0 Å². The van der Waals surface area contributed by atoms with Crippen molar-refractivity contribution in [2.45, 2.75) is 6.92 Å². The molecule has 23 heavy (non-hydrogen) atoms. The van der Waals surface area contributed by atoms with Crippen LogP contribution in [0.3, 0.4) is 0 Å². The highest BCUT2D eigenvalue weighted by molar-refractivity contribution is 5.98. The van der Waals surface area contributed by atoms with E-state index in [0.717, 1.165) is 18.7 Å². The van der Waals surface area contributed by atoms with Crippen LogP contribution in [0, 0.1) is 20.2 Å². The van der Waals surface area contributed by atoms with Gasteiger partial charge in [0.05, 0.1) is 21.5 Å². The first kappa shape index (κ1) is 16.6. The van der Waals surface area contributed by atoms with Crippen LogP contribution in [0.25, 0.3) is 0 Å². The van der Waals surface area contributed by atoms with E-state index in [9.17, 15) is 30.1 Å². The van der Waals surface area contributed by atoms with E-state index in [1.54, 1.807) is 4.90 Å². The largest absolute Gasteiger partial charge is 0.478 e. The summed E-state index contributed by atoms with van der Waals surface area (Å²) in [5.74, 6) is -1.43. The number of benzene rings is 1. The molecule has 1 aromatic rings. The van der Waals surface area contributed by atoms with Crippen molar-refractivity contribution in [3.8, 4) is 0 Å². The van der Waals surface area contributed by atoms with Crippen molar-refractivity contribution in [2.24, 2.45) is 0 Å². The molecule has 0 aliphatic carbocycles. The zero-order chi connectivity index (χ0) is 17.1. The molecule has 1 N–H and O–H groups in total. The van der Waals surface area contributed by atoms with Crippen molar-refractivity contribution in [1.29, 1.82) is 0 Å². The molecule has 0 saturated carbocycles. The number of hydrogen-bond donors (Lipinski definition) is 1. The van der Waals surface area contributed by atoms with Crippen LogP contribution in [-0.2, 0) is 0 Å². The fraction of sp³-hybridized carbons (Fsp3) is 0.462. The number of aromatic carboxylic acids is 1. The zero-order valence-corrected chi connectivity index (χ0v) is 12.5. The van der Waals surface area contributed by atoms with Gasteiger partial charge in [-0.05, 0) is 6.54 Å². The fourth-order valence-corrected chi connectivity index (χ4v) is 2.63. The SMILES string of the molecule is CCN1CCN(c2c(C(=O)O)cc([N+](=O)[O-])cc2[N+](=O)[O-])CC1. The predicted octanol–water partition coefficient (Wildman–Crippen LogP) is 1.34. The molecule has 124 valence electrons. The average Bonchev–Trinajstić information content (AvgIpc) is 2.53. The number of hydrogen-bond acceptors (Lipinski definition) is 7. The lowest BCUT2D eigenvalue weighted by Crippen LogP contribution is -2.46. The van der Waals surface area contributed by atoms with Gasteiger partial charge in [-0.25, -0.2) is 4.79 Å². The van der Waals surface area contributed by atoms with Crippen molar-refractivity contribution in [2.75, 3.05) is 37.6 Å². The molecule has 0 radical (unpaired) electrons. The lowest BCUT2D eigenvalue weighted by atomic mass is 10.1. The van der Waals surface area contributed by atoms with Crippen molar-refractivity contribution in [3.63, 3.8) is 0 Å². The Bertz CT molecular complexity index is 619. The summed E-state index contributed by atoms with van der Waals surface area (Å²) in [4.78, 5) is 35.8. The second-order valence-electron chi connectivity index (χ2n) is 5.10. The maximum atomic E-state index is 11.5. The van der Waals surface area contributed by atoms with E-state index >= 15 is 0 Å². The molecule has 2 rings (SSSR count). The van der Waals surface area contributed by atoms with E-state index < -0.39 is 32.8 Å². The summed E-state index contributed by atoms with van der Waals surface area (Å²) in [7, 11) is 0. The molecular weight excluding hydrogens is 308 g/mol. The van der Waals surface area contributed by atoms with Crippen LogP contribution in [0.15, 0.2) is 12.1 Å². The summed E-state index contributed by atoms with van der Waals surface area (Å²) in [6.07, 6.45) is 0. The second kappa shape index (κ2) is 6.57. The number of carboxylic acids is 1. The van der Waals surface area contributed by atoms with Crippen LogP contribution in [-0.4, -0.2) is 58.5 Å². The van der Waals surface area contributed by atoms with Gasteiger partial charge in [0.25, 0.3) is 11.4 Å². The summed E-state index contributed by atoms with van der Waals surface area (Å²) >= 11 is 0. The number of piperazine rings is 1. The van der Waals surface area contributed by atoms with Gasteiger partial charge in [0.2, 0.25) is 0 Å². The molecule has 1 saturated heterocycles. The Kier molecular flexibility index (Phi) is 4.74. The summed E-state index contributed by atoms with van der Waals surface area (Å²) < 4.78 is 0. The van der Waals surface area contributed by atoms with Gasteiger partial charge in [0.15, 0.2) is 0 Å². The predicted molar refractivity (Wildman–Crippen MR) is 81.0 cm³/mol. The number of anilines is 1. The number of nitrogens with zero attached hydrogens (tertiary/aromatic N) is 4. The van der Waals surface area contributed by atoms with Crippen LogP contribution in [0.1, 0.15) is 17.3 Å². The number of nitro benzene ring substituents is 2. The minimum atomic E-state index is -1.43. The Hall–Kier alpha value is -2.75. The molecule has 1 aromatic carbocycles. The molecule has 0 aromatic heterocycles. The molecule has 0 bridgehead atoms. The molecule has 0 atom stereocenters. The van der Waals surface area contributed by atoms with Gasteiger partial charge < -0.3 is 14.9 Å². The Morgan fingerprint density at radius 1 is 1.17 bits per heavy atom. The van der Waals surface area contributed by atoms with E-state index in [0.29, 0.717) is 26.2 Å².